The fraction of sp³-hybridized carbons (Fsp3) is 0.250. The van der Waals surface area contributed by atoms with Gasteiger partial charge in [-0.2, -0.15) is 0 Å². The number of anilines is 1. The molecule has 160 valence electrons. The van der Waals surface area contributed by atoms with Crippen LogP contribution in [0.3, 0.4) is 0 Å². The van der Waals surface area contributed by atoms with E-state index in [0.29, 0.717) is 31.1 Å². The van der Waals surface area contributed by atoms with Crippen molar-refractivity contribution in [2.45, 2.75) is 19.4 Å². The summed E-state index contributed by atoms with van der Waals surface area (Å²) in [6.45, 7) is 3.93. The zero-order chi connectivity index (χ0) is 22.0. The Morgan fingerprint density at radius 1 is 1.10 bits per heavy atom. The van der Waals surface area contributed by atoms with E-state index < -0.39 is 0 Å². The molecule has 7 heteroatoms. The molecule has 1 unspecified atom stereocenters. The monoisotopic (exact) mass is 517 g/mol. The maximum Gasteiger partial charge on any atom is 0.227 e. The summed E-state index contributed by atoms with van der Waals surface area (Å²) >= 11 is 16.1. The van der Waals surface area contributed by atoms with Gasteiger partial charge >= 0.3 is 0 Å². The standard InChI is InChI=1S/C24H22BrCl2N3O/c1-16-2-7-22(21(27)10-16)30-9-8-29(15-23(30)18-3-5-20(26)6-4-18)24(31)12-17-11-19(25)14-28-13-17/h2-7,10-11,13-14,23H,8-9,12,15H2,1H3. The molecule has 1 amide bonds. The molecule has 1 atom stereocenters. The first-order chi connectivity index (χ1) is 14.9. The van der Waals surface area contributed by atoms with Crippen LogP contribution in [0.25, 0.3) is 0 Å². The summed E-state index contributed by atoms with van der Waals surface area (Å²) in [6, 6.07) is 15.8. The molecule has 4 rings (SSSR count). The molecule has 0 radical (unpaired) electrons. The quantitative estimate of drug-likeness (QED) is 0.419. The van der Waals surface area contributed by atoms with Crippen LogP contribution in [0.1, 0.15) is 22.7 Å². The normalized spacial score (nSPS) is 16.5. The molecule has 4 nitrogen and oxygen atoms in total. The minimum Gasteiger partial charge on any atom is -0.360 e. The summed E-state index contributed by atoms with van der Waals surface area (Å²) in [5.74, 6) is 0.0912. The summed E-state index contributed by atoms with van der Waals surface area (Å²) in [4.78, 5) is 21.5. The Hall–Kier alpha value is -2.08. The van der Waals surface area contributed by atoms with Crippen molar-refractivity contribution in [1.82, 2.24) is 9.88 Å². The number of rotatable bonds is 4. The second-order valence-electron chi connectivity index (χ2n) is 7.74. The highest BCUT2D eigenvalue weighted by Crippen LogP contribution is 2.36. The zero-order valence-corrected chi connectivity index (χ0v) is 20.2. The molecule has 0 bridgehead atoms. The molecular formula is C24H22BrCl2N3O. The van der Waals surface area contributed by atoms with Gasteiger partial charge in [-0.05, 0) is 69.9 Å². The molecule has 31 heavy (non-hydrogen) atoms. The van der Waals surface area contributed by atoms with Crippen molar-refractivity contribution in [3.63, 3.8) is 0 Å². The number of hydrogen-bond acceptors (Lipinski definition) is 3. The van der Waals surface area contributed by atoms with Crippen LogP contribution >= 0.6 is 39.1 Å². The number of benzene rings is 2. The number of nitrogens with zero attached hydrogens (tertiary/aromatic N) is 3. The van der Waals surface area contributed by atoms with E-state index in [1.54, 1.807) is 12.4 Å². The third-order valence-electron chi connectivity index (χ3n) is 5.52. The van der Waals surface area contributed by atoms with Crippen LogP contribution in [-0.4, -0.2) is 35.4 Å². The van der Waals surface area contributed by atoms with E-state index in [9.17, 15) is 4.79 Å². The van der Waals surface area contributed by atoms with Crippen LogP contribution in [0.15, 0.2) is 65.4 Å². The van der Waals surface area contributed by atoms with Gasteiger partial charge < -0.3 is 9.80 Å². The molecule has 1 saturated heterocycles. The molecule has 0 spiro atoms. The van der Waals surface area contributed by atoms with Gasteiger partial charge in [0.1, 0.15) is 0 Å². The Morgan fingerprint density at radius 3 is 2.58 bits per heavy atom. The summed E-state index contributed by atoms with van der Waals surface area (Å²) in [5, 5.41) is 1.41. The van der Waals surface area contributed by atoms with Crippen molar-refractivity contribution in [3.05, 3.63) is 92.1 Å². The van der Waals surface area contributed by atoms with Gasteiger partial charge in [-0.15, -0.1) is 0 Å². The molecule has 1 aromatic heterocycles. The largest absolute Gasteiger partial charge is 0.360 e. The fourth-order valence-corrected chi connectivity index (χ4v) is 4.83. The van der Waals surface area contributed by atoms with Gasteiger partial charge in [0, 0.05) is 41.5 Å². The average Bonchev–Trinajstić information content (AvgIpc) is 2.74. The third kappa shape index (κ3) is 5.22. The Morgan fingerprint density at radius 2 is 1.87 bits per heavy atom. The van der Waals surface area contributed by atoms with E-state index in [0.717, 1.165) is 31.9 Å². The Bertz CT molecular complexity index is 1090. The van der Waals surface area contributed by atoms with Crippen LogP contribution in [0.2, 0.25) is 10.0 Å². The number of hydrogen-bond donors (Lipinski definition) is 0. The van der Waals surface area contributed by atoms with Crippen molar-refractivity contribution >= 4 is 50.7 Å². The number of carbonyl (C=O) groups excluding carboxylic acids is 1. The van der Waals surface area contributed by atoms with Crippen molar-refractivity contribution in [3.8, 4) is 0 Å². The van der Waals surface area contributed by atoms with Crippen molar-refractivity contribution in [2.75, 3.05) is 24.5 Å². The Kier molecular flexibility index (Phi) is 6.85. The topological polar surface area (TPSA) is 36.4 Å². The lowest BCUT2D eigenvalue weighted by Crippen LogP contribution is -2.51. The number of carbonyl (C=O) groups is 1. The summed E-state index contributed by atoms with van der Waals surface area (Å²) in [5.41, 5.74) is 4.10. The van der Waals surface area contributed by atoms with E-state index >= 15 is 0 Å². The maximum atomic E-state index is 13.1. The smallest absolute Gasteiger partial charge is 0.227 e. The van der Waals surface area contributed by atoms with E-state index in [-0.39, 0.29) is 11.9 Å². The van der Waals surface area contributed by atoms with E-state index in [1.807, 2.05) is 48.2 Å². The minimum absolute atomic E-state index is 0.0178. The predicted octanol–water partition coefficient (Wildman–Crippen LogP) is 6.09. The van der Waals surface area contributed by atoms with E-state index in [4.69, 9.17) is 23.2 Å². The molecule has 2 heterocycles. The molecule has 3 aromatic rings. The summed E-state index contributed by atoms with van der Waals surface area (Å²) < 4.78 is 0.871. The van der Waals surface area contributed by atoms with Crippen LogP contribution < -0.4 is 4.90 Å². The minimum atomic E-state index is -0.0178. The van der Waals surface area contributed by atoms with Gasteiger partial charge in [0.2, 0.25) is 5.91 Å². The lowest BCUT2D eigenvalue weighted by molar-refractivity contribution is -0.131. The Labute approximate surface area is 200 Å². The number of halogens is 3. The molecule has 0 aliphatic carbocycles. The molecule has 2 aromatic carbocycles. The summed E-state index contributed by atoms with van der Waals surface area (Å²) in [6.07, 6.45) is 3.78. The molecule has 0 saturated carbocycles. The second kappa shape index (κ2) is 9.60. The van der Waals surface area contributed by atoms with Crippen LogP contribution in [0.5, 0.6) is 0 Å². The first-order valence-electron chi connectivity index (χ1n) is 10.1. The highest BCUT2D eigenvalue weighted by molar-refractivity contribution is 9.10. The number of aromatic nitrogens is 1. The number of piperazine rings is 1. The van der Waals surface area contributed by atoms with Gasteiger partial charge in [0.25, 0.3) is 0 Å². The average molecular weight is 519 g/mol. The number of pyridine rings is 1. The lowest BCUT2D eigenvalue weighted by Gasteiger charge is -2.43. The second-order valence-corrected chi connectivity index (χ2v) is 9.50. The highest BCUT2D eigenvalue weighted by Gasteiger charge is 2.31. The molecule has 1 aliphatic rings. The molecule has 0 N–H and O–H groups in total. The van der Waals surface area contributed by atoms with Gasteiger partial charge in [-0.25, -0.2) is 0 Å². The zero-order valence-electron chi connectivity index (χ0n) is 17.1. The SMILES string of the molecule is Cc1ccc(N2CCN(C(=O)Cc3cncc(Br)c3)CC2c2ccc(Cl)cc2)c(Cl)c1. The Balaban J connectivity index is 1.60. The third-order valence-corrected chi connectivity index (χ3v) is 6.51. The van der Waals surface area contributed by atoms with Crippen LogP contribution in [0.4, 0.5) is 5.69 Å². The highest BCUT2D eigenvalue weighted by atomic mass is 79.9. The lowest BCUT2D eigenvalue weighted by atomic mass is 10.0. The number of aryl methyl sites for hydroxylation is 1. The van der Waals surface area contributed by atoms with Gasteiger partial charge in [0.15, 0.2) is 0 Å². The fourth-order valence-electron chi connectivity index (χ4n) is 3.95. The maximum absolute atomic E-state index is 13.1. The first kappa shape index (κ1) is 22.1. The molecule has 1 fully saturated rings. The van der Waals surface area contributed by atoms with Crippen molar-refractivity contribution < 1.29 is 4.79 Å². The van der Waals surface area contributed by atoms with Gasteiger partial charge in [-0.1, -0.05) is 41.4 Å². The molecule has 1 aliphatic heterocycles. The van der Waals surface area contributed by atoms with Crippen molar-refractivity contribution in [2.24, 2.45) is 0 Å². The van der Waals surface area contributed by atoms with E-state index in [1.165, 1.54) is 0 Å². The molecular weight excluding hydrogens is 497 g/mol. The predicted molar refractivity (Wildman–Crippen MR) is 130 cm³/mol. The van der Waals surface area contributed by atoms with Crippen LogP contribution in [0, 0.1) is 6.92 Å². The first-order valence-corrected chi connectivity index (χ1v) is 11.6. The summed E-state index contributed by atoms with van der Waals surface area (Å²) in [7, 11) is 0. The van der Waals surface area contributed by atoms with Gasteiger partial charge in [-0.3, -0.25) is 9.78 Å². The number of amides is 1. The van der Waals surface area contributed by atoms with Crippen LogP contribution in [-0.2, 0) is 11.2 Å². The van der Waals surface area contributed by atoms with Gasteiger partial charge in [0.05, 0.1) is 23.2 Å². The van der Waals surface area contributed by atoms with E-state index in [2.05, 4.69) is 37.9 Å². The van der Waals surface area contributed by atoms with Crippen molar-refractivity contribution in [1.29, 1.82) is 0 Å².